The molecule has 2 amide bonds. The molecule has 2 unspecified atom stereocenters. The monoisotopic (exact) mass is 483 g/mol. The number of carboxylic acids is 1. The van der Waals surface area contributed by atoms with Gasteiger partial charge in [0.15, 0.2) is 0 Å². The molecular formula is C27H37N3O5. The Morgan fingerprint density at radius 2 is 1.97 bits per heavy atom. The number of carboxylic acid groups (broad SMARTS) is 1. The van der Waals surface area contributed by atoms with Crippen molar-refractivity contribution in [2.24, 2.45) is 5.73 Å². The van der Waals surface area contributed by atoms with E-state index in [1.54, 1.807) is 7.11 Å². The number of rotatable bonds is 10. The summed E-state index contributed by atoms with van der Waals surface area (Å²) in [5.41, 5.74) is 9.03. The maximum atomic E-state index is 12.8. The zero-order valence-corrected chi connectivity index (χ0v) is 21.0. The van der Waals surface area contributed by atoms with Crippen LogP contribution in [0.1, 0.15) is 50.7 Å². The summed E-state index contributed by atoms with van der Waals surface area (Å²) in [6.07, 6.45) is 2.52. The molecule has 0 aliphatic carbocycles. The number of benzene rings is 2. The fraction of sp³-hybridized carbons (Fsp3) is 0.481. The molecule has 0 radical (unpaired) electrons. The lowest BCUT2D eigenvalue weighted by Gasteiger charge is -2.33. The number of ether oxygens (including phenoxy) is 2. The predicted octanol–water partition coefficient (Wildman–Crippen LogP) is 4.96. The van der Waals surface area contributed by atoms with E-state index in [9.17, 15) is 14.7 Å². The van der Waals surface area contributed by atoms with E-state index >= 15 is 0 Å². The van der Waals surface area contributed by atoms with Crippen molar-refractivity contribution < 1.29 is 24.2 Å². The topological polar surface area (TPSA) is 114 Å². The largest absolute Gasteiger partial charge is 0.481 e. The number of methoxy groups -OCH3 is 1. The van der Waals surface area contributed by atoms with Gasteiger partial charge < -0.3 is 25.6 Å². The number of amides is 2. The van der Waals surface area contributed by atoms with Crippen LogP contribution >= 0.6 is 0 Å². The predicted molar refractivity (Wildman–Crippen MR) is 137 cm³/mol. The molecule has 8 heteroatoms. The van der Waals surface area contributed by atoms with Crippen LogP contribution in [0, 0.1) is 6.92 Å². The summed E-state index contributed by atoms with van der Waals surface area (Å²) in [6, 6.07) is 12.8. The smallest absolute Gasteiger partial charge is 0.323 e. The van der Waals surface area contributed by atoms with Gasteiger partial charge in [0.05, 0.1) is 29.6 Å². The number of primary amides is 1. The molecule has 35 heavy (non-hydrogen) atoms. The molecule has 1 saturated heterocycles. The lowest BCUT2D eigenvalue weighted by Crippen LogP contribution is -2.36. The van der Waals surface area contributed by atoms with E-state index < -0.39 is 17.4 Å². The minimum atomic E-state index is -0.881. The van der Waals surface area contributed by atoms with E-state index in [-0.39, 0.29) is 18.6 Å². The zero-order chi connectivity index (χ0) is 25.6. The van der Waals surface area contributed by atoms with E-state index in [0.29, 0.717) is 24.6 Å². The molecule has 8 nitrogen and oxygen atoms in total. The average molecular weight is 484 g/mol. The number of hydrogen-bond acceptors (Lipinski definition) is 5. The Hall–Kier alpha value is -3.10. The second-order valence-electron chi connectivity index (χ2n) is 9.79. The second-order valence-corrected chi connectivity index (χ2v) is 9.79. The molecule has 2 atom stereocenters. The van der Waals surface area contributed by atoms with Crippen LogP contribution in [0.4, 0.5) is 21.9 Å². The molecule has 1 fully saturated rings. The van der Waals surface area contributed by atoms with Crippen molar-refractivity contribution in [3.8, 4) is 0 Å². The molecule has 0 bridgehead atoms. The van der Waals surface area contributed by atoms with Gasteiger partial charge in [-0.15, -0.1) is 0 Å². The van der Waals surface area contributed by atoms with Crippen LogP contribution in [0.3, 0.4) is 0 Å². The highest BCUT2D eigenvalue weighted by atomic mass is 16.5. The molecule has 0 aromatic heterocycles. The normalized spacial score (nSPS) is 18.2. The first-order valence-electron chi connectivity index (χ1n) is 12.0. The van der Waals surface area contributed by atoms with E-state index in [1.807, 2.05) is 63.2 Å². The van der Waals surface area contributed by atoms with Crippen LogP contribution in [-0.4, -0.2) is 49.6 Å². The number of hydrogen-bond donors (Lipinski definition) is 3. The summed E-state index contributed by atoms with van der Waals surface area (Å²) >= 11 is 0. The molecule has 1 aliphatic heterocycles. The van der Waals surface area contributed by atoms with Crippen LogP contribution in [0.5, 0.6) is 0 Å². The van der Waals surface area contributed by atoms with Gasteiger partial charge in [0, 0.05) is 31.8 Å². The molecule has 2 aromatic carbocycles. The first-order chi connectivity index (χ1) is 16.6. The fourth-order valence-electron chi connectivity index (χ4n) is 4.60. The number of carbonyl (C=O) groups excluding carboxylic acids is 1. The van der Waals surface area contributed by atoms with Crippen molar-refractivity contribution in [3.63, 3.8) is 0 Å². The highest BCUT2D eigenvalue weighted by Gasteiger charge is 2.29. The molecule has 2 aromatic rings. The molecule has 1 heterocycles. The number of nitrogens with two attached hydrogens (primary N) is 1. The summed E-state index contributed by atoms with van der Waals surface area (Å²) in [6.45, 7) is 6.97. The Balaban J connectivity index is 2.03. The first kappa shape index (κ1) is 26.5. The number of urea groups is 1. The van der Waals surface area contributed by atoms with Crippen molar-refractivity contribution in [1.29, 1.82) is 0 Å². The van der Waals surface area contributed by atoms with E-state index in [0.717, 1.165) is 36.1 Å². The fourth-order valence-corrected chi connectivity index (χ4v) is 4.60. The molecule has 0 saturated carbocycles. The Morgan fingerprint density at radius 3 is 2.63 bits per heavy atom. The molecule has 1 aliphatic rings. The standard InChI is InChI=1S/C27H37N3O5/c1-18-7-5-6-8-23(18)30(26(28)33)24-15-19(27(2,3)17-25(31)32)9-10-22(24)29-20-11-14-35-21(16-20)12-13-34-4/h5-10,15,20-21,29H,11-14,16-17H2,1-4H3,(H2,28,33)(H,31,32). The maximum absolute atomic E-state index is 12.8. The van der Waals surface area contributed by atoms with Gasteiger partial charge >= 0.3 is 12.0 Å². The Bertz CT molecular complexity index is 1040. The first-order valence-corrected chi connectivity index (χ1v) is 12.0. The van der Waals surface area contributed by atoms with Crippen LogP contribution < -0.4 is 16.0 Å². The molecular weight excluding hydrogens is 446 g/mol. The molecule has 4 N–H and O–H groups in total. The Morgan fingerprint density at radius 1 is 1.23 bits per heavy atom. The molecule has 190 valence electrons. The van der Waals surface area contributed by atoms with Gasteiger partial charge in [-0.2, -0.15) is 0 Å². The number of aryl methyl sites for hydroxylation is 1. The van der Waals surface area contributed by atoms with Crippen LogP contribution in [-0.2, 0) is 19.7 Å². The minimum Gasteiger partial charge on any atom is -0.481 e. The summed E-state index contributed by atoms with van der Waals surface area (Å²) in [5.74, 6) is -0.881. The van der Waals surface area contributed by atoms with Gasteiger partial charge in [-0.3, -0.25) is 9.69 Å². The Kier molecular flexibility index (Phi) is 8.75. The van der Waals surface area contributed by atoms with Gasteiger partial charge in [-0.25, -0.2) is 4.79 Å². The highest BCUT2D eigenvalue weighted by Crippen LogP contribution is 2.39. The summed E-state index contributed by atoms with van der Waals surface area (Å²) in [4.78, 5) is 25.8. The lowest BCUT2D eigenvalue weighted by molar-refractivity contribution is -0.138. The van der Waals surface area contributed by atoms with Crippen molar-refractivity contribution in [2.45, 2.75) is 64.0 Å². The number of aliphatic carboxylic acids is 1. The second kappa shape index (κ2) is 11.6. The van der Waals surface area contributed by atoms with Gasteiger partial charge in [-0.05, 0) is 55.5 Å². The third-order valence-corrected chi connectivity index (χ3v) is 6.56. The Labute approximate surface area is 207 Å². The van der Waals surface area contributed by atoms with Crippen LogP contribution in [0.25, 0.3) is 0 Å². The van der Waals surface area contributed by atoms with Gasteiger partial charge in [0.2, 0.25) is 0 Å². The summed E-state index contributed by atoms with van der Waals surface area (Å²) < 4.78 is 11.1. The number of carbonyl (C=O) groups is 2. The maximum Gasteiger partial charge on any atom is 0.323 e. The van der Waals surface area contributed by atoms with Crippen molar-refractivity contribution in [3.05, 3.63) is 53.6 Å². The molecule has 0 spiro atoms. The molecule has 3 rings (SSSR count). The van der Waals surface area contributed by atoms with Crippen molar-refractivity contribution >= 4 is 29.1 Å². The third kappa shape index (κ3) is 6.74. The zero-order valence-electron chi connectivity index (χ0n) is 21.0. The number of para-hydroxylation sites is 1. The van der Waals surface area contributed by atoms with Gasteiger partial charge in [0.1, 0.15) is 0 Å². The average Bonchev–Trinajstić information content (AvgIpc) is 2.79. The SMILES string of the molecule is COCCC1CC(Nc2ccc(C(C)(C)CC(=O)O)cc2N(C(N)=O)c2ccccc2C)CCO1. The lowest BCUT2D eigenvalue weighted by atomic mass is 9.81. The quantitative estimate of drug-likeness (QED) is 0.440. The van der Waals surface area contributed by atoms with Crippen molar-refractivity contribution in [2.75, 3.05) is 30.5 Å². The van der Waals surface area contributed by atoms with Crippen LogP contribution in [0.15, 0.2) is 42.5 Å². The number of anilines is 3. The third-order valence-electron chi connectivity index (χ3n) is 6.56. The van der Waals surface area contributed by atoms with Gasteiger partial charge in [-0.1, -0.05) is 38.1 Å². The minimum absolute atomic E-state index is 0.0404. The summed E-state index contributed by atoms with van der Waals surface area (Å²) in [5, 5.41) is 13.0. The van der Waals surface area contributed by atoms with Crippen molar-refractivity contribution in [1.82, 2.24) is 0 Å². The van der Waals surface area contributed by atoms with E-state index in [2.05, 4.69) is 5.32 Å². The van der Waals surface area contributed by atoms with Gasteiger partial charge in [0.25, 0.3) is 0 Å². The van der Waals surface area contributed by atoms with E-state index in [4.69, 9.17) is 15.2 Å². The number of nitrogens with one attached hydrogen (secondary N) is 1. The van der Waals surface area contributed by atoms with Crippen LogP contribution in [0.2, 0.25) is 0 Å². The number of nitrogens with zero attached hydrogens (tertiary/aromatic N) is 1. The summed E-state index contributed by atoms with van der Waals surface area (Å²) in [7, 11) is 1.68. The highest BCUT2D eigenvalue weighted by molar-refractivity contribution is 6.02. The van der Waals surface area contributed by atoms with E-state index in [1.165, 1.54) is 4.90 Å².